The van der Waals surface area contributed by atoms with Crippen LogP contribution in [-0.2, 0) is 14.8 Å². The van der Waals surface area contributed by atoms with E-state index in [2.05, 4.69) is 5.32 Å². The van der Waals surface area contributed by atoms with Crippen LogP contribution >= 0.6 is 0 Å². The maximum Gasteiger partial charge on any atom is 0.272 e. The summed E-state index contributed by atoms with van der Waals surface area (Å²) < 4.78 is 27.9. The highest BCUT2D eigenvalue weighted by Gasteiger charge is 2.32. The lowest BCUT2D eigenvalue weighted by Crippen LogP contribution is -2.42. The molecule has 0 aliphatic carbocycles. The van der Waals surface area contributed by atoms with Crippen LogP contribution in [0.3, 0.4) is 0 Å². The van der Waals surface area contributed by atoms with E-state index in [1.54, 1.807) is 65.6 Å². The molecule has 3 aromatic rings. The molecule has 3 amide bonds. The molecule has 0 atom stereocenters. The topological polar surface area (TPSA) is 104 Å². The maximum atomic E-state index is 13.6. The molecule has 0 unspecified atom stereocenters. The van der Waals surface area contributed by atoms with Gasteiger partial charge in [-0.25, -0.2) is 8.42 Å². The zero-order valence-electron chi connectivity index (χ0n) is 19.7. The molecule has 9 heteroatoms. The van der Waals surface area contributed by atoms with E-state index < -0.39 is 21.8 Å². The number of sulfonamides is 1. The van der Waals surface area contributed by atoms with Crippen molar-refractivity contribution < 1.29 is 22.8 Å². The van der Waals surface area contributed by atoms with Gasteiger partial charge in [0.15, 0.2) is 0 Å². The summed E-state index contributed by atoms with van der Waals surface area (Å²) in [4.78, 5) is 39.7. The van der Waals surface area contributed by atoms with Gasteiger partial charge in [0.2, 0.25) is 5.91 Å². The Hall–Kier alpha value is -3.98. The van der Waals surface area contributed by atoms with Crippen LogP contribution in [0.25, 0.3) is 0 Å². The number of anilines is 1. The van der Waals surface area contributed by atoms with Gasteiger partial charge in [-0.15, -0.1) is 0 Å². The minimum absolute atomic E-state index is 0.119. The molecule has 0 spiro atoms. The first-order valence-electron chi connectivity index (χ1n) is 11.7. The van der Waals surface area contributed by atoms with E-state index in [1.165, 1.54) is 24.3 Å². The molecule has 1 N–H and O–H groups in total. The number of carbonyl (C=O) groups excluding carboxylic acids is 3. The summed E-state index contributed by atoms with van der Waals surface area (Å²) in [6.07, 6.45) is 3.02. The summed E-state index contributed by atoms with van der Waals surface area (Å²) in [5, 5.41) is 2.60. The van der Waals surface area contributed by atoms with Crippen molar-refractivity contribution in [1.82, 2.24) is 10.2 Å². The molecule has 3 aromatic carbocycles. The smallest absolute Gasteiger partial charge is 0.272 e. The first kappa shape index (κ1) is 25.1. The molecule has 0 aromatic heterocycles. The Morgan fingerprint density at radius 1 is 0.750 bits per heavy atom. The van der Waals surface area contributed by atoms with Gasteiger partial charge in [-0.1, -0.05) is 36.4 Å². The lowest BCUT2D eigenvalue weighted by molar-refractivity contribution is -0.130. The second-order valence-corrected chi connectivity index (χ2v) is 10.2. The van der Waals surface area contributed by atoms with E-state index in [4.69, 9.17) is 0 Å². The van der Waals surface area contributed by atoms with Crippen LogP contribution < -0.4 is 9.62 Å². The van der Waals surface area contributed by atoms with Gasteiger partial charge in [-0.05, 0) is 67.8 Å². The van der Waals surface area contributed by atoms with Gasteiger partial charge < -0.3 is 10.2 Å². The second-order valence-electron chi connectivity index (χ2n) is 8.42. The monoisotopic (exact) mass is 505 g/mol. The number of hydrogen-bond acceptors (Lipinski definition) is 5. The summed E-state index contributed by atoms with van der Waals surface area (Å²) in [5.41, 5.74) is 0.629. The molecule has 0 saturated carbocycles. The van der Waals surface area contributed by atoms with E-state index in [0.717, 1.165) is 23.6 Å². The third-order valence-electron chi connectivity index (χ3n) is 5.96. The lowest BCUT2D eigenvalue weighted by Gasteiger charge is -2.26. The molecule has 0 bridgehead atoms. The zero-order chi connectivity index (χ0) is 25.5. The lowest BCUT2D eigenvalue weighted by atomic mass is 10.1. The summed E-state index contributed by atoms with van der Waals surface area (Å²) >= 11 is 0. The average Bonchev–Trinajstić information content (AvgIpc) is 2.93. The first-order valence-corrected chi connectivity index (χ1v) is 13.2. The van der Waals surface area contributed by atoms with Crippen LogP contribution in [0, 0.1) is 0 Å². The quantitative estimate of drug-likeness (QED) is 0.530. The van der Waals surface area contributed by atoms with E-state index in [9.17, 15) is 22.8 Å². The van der Waals surface area contributed by atoms with Crippen molar-refractivity contribution in [3.63, 3.8) is 0 Å². The largest absolute Gasteiger partial charge is 0.343 e. The van der Waals surface area contributed by atoms with Gasteiger partial charge >= 0.3 is 0 Å². The van der Waals surface area contributed by atoms with E-state index in [-0.39, 0.29) is 34.2 Å². The van der Waals surface area contributed by atoms with Crippen molar-refractivity contribution in [2.45, 2.75) is 24.2 Å². The fourth-order valence-electron chi connectivity index (χ4n) is 4.02. The summed E-state index contributed by atoms with van der Waals surface area (Å²) in [5.74, 6) is -1.32. The zero-order valence-corrected chi connectivity index (χ0v) is 20.5. The van der Waals surface area contributed by atoms with Gasteiger partial charge in [0.1, 0.15) is 0 Å². The van der Waals surface area contributed by atoms with E-state index in [0.29, 0.717) is 13.1 Å². The molecule has 0 radical (unpaired) electrons. The number of benzene rings is 3. The molecule has 36 heavy (non-hydrogen) atoms. The Morgan fingerprint density at radius 3 is 1.94 bits per heavy atom. The molecule has 1 saturated heterocycles. The minimum atomic E-state index is -4.29. The van der Waals surface area contributed by atoms with Gasteiger partial charge in [0, 0.05) is 24.2 Å². The van der Waals surface area contributed by atoms with Crippen molar-refractivity contribution in [3.8, 4) is 0 Å². The molecule has 1 aliphatic rings. The summed E-state index contributed by atoms with van der Waals surface area (Å²) in [6.45, 7) is 1.27. The molecule has 186 valence electrons. The normalized spacial score (nSPS) is 13.6. The van der Waals surface area contributed by atoms with Crippen molar-refractivity contribution >= 4 is 33.4 Å². The van der Waals surface area contributed by atoms with Crippen molar-refractivity contribution in [3.05, 3.63) is 96.1 Å². The predicted octanol–water partition coefficient (Wildman–Crippen LogP) is 3.46. The van der Waals surface area contributed by atoms with Gasteiger partial charge in [-0.3, -0.25) is 14.4 Å². The number of nitrogens with one attached hydrogen (secondary N) is 1. The molecular weight excluding hydrogens is 478 g/mol. The molecule has 4 rings (SSSR count). The van der Waals surface area contributed by atoms with Crippen molar-refractivity contribution in [2.75, 3.05) is 23.9 Å². The van der Waals surface area contributed by atoms with Crippen molar-refractivity contribution in [2.24, 2.45) is 0 Å². The summed E-state index contributed by atoms with van der Waals surface area (Å²) in [6, 6.07) is 21.6. The Labute approximate surface area is 210 Å². The minimum Gasteiger partial charge on any atom is -0.343 e. The highest BCUT2D eigenvalue weighted by molar-refractivity contribution is 7.93. The number of amides is 3. The second kappa shape index (κ2) is 11.2. The Kier molecular flexibility index (Phi) is 7.80. The third kappa shape index (κ3) is 5.63. The Morgan fingerprint density at radius 2 is 1.33 bits per heavy atom. The van der Waals surface area contributed by atoms with Crippen LogP contribution in [0.5, 0.6) is 0 Å². The van der Waals surface area contributed by atoms with Crippen LogP contribution in [-0.4, -0.2) is 50.7 Å². The number of hydrogen-bond donors (Lipinski definition) is 1. The Bertz CT molecular complexity index is 1320. The summed E-state index contributed by atoms with van der Waals surface area (Å²) in [7, 11) is -4.29. The van der Waals surface area contributed by atoms with Gasteiger partial charge in [0.25, 0.3) is 21.8 Å². The van der Waals surface area contributed by atoms with Gasteiger partial charge in [0.05, 0.1) is 17.1 Å². The predicted molar refractivity (Wildman–Crippen MR) is 136 cm³/mol. The SMILES string of the molecule is O=C(NCC(=O)N1CCCCC1)c1ccc(S(=O)(=O)N(C(=O)c2ccccc2)c2ccccc2)cc1. The van der Waals surface area contributed by atoms with Crippen LogP contribution in [0.15, 0.2) is 89.8 Å². The molecule has 8 nitrogen and oxygen atoms in total. The van der Waals surface area contributed by atoms with Crippen molar-refractivity contribution in [1.29, 1.82) is 0 Å². The number of likely N-dealkylation sites (tertiary alicyclic amines) is 1. The number of para-hydroxylation sites is 1. The average molecular weight is 506 g/mol. The van der Waals surface area contributed by atoms with Crippen LogP contribution in [0.4, 0.5) is 5.69 Å². The Balaban J connectivity index is 1.53. The highest BCUT2D eigenvalue weighted by Crippen LogP contribution is 2.26. The standard InChI is InChI=1S/C27H27N3O5S/c31-25(29-18-8-3-9-19-29)20-28-26(32)21-14-16-24(17-15-21)36(34,35)30(23-12-6-2-7-13-23)27(33)22-10-4-1-5-11-22/h1-2,4-7,10-17H,3,8-9,18-20H2,(H,28,32). The molecule has 1 heterocycles. The maximum absolute atomic E-state index is 13.6. The molecular formula is C27H27N3O5S. The number of carbonyl (C=O) groups is 3. The molecule has 1 fully saturated rings. The highest BCUT2D eigenvalue weighted by atomic mass is 32.2. The third-order valence-corrected chi connectivity index (χ3v) is 7.68. The van der Waals surface area contributed by atoms with Crippen LogP contribution in [0.1, 0.15) is 40.0 Å². The van der Waals surface area contributed by atoms with E-state index >= 15 is 0 Å². The first-order chi connectivity index (χ1) is 17.4. The van der Waals surface area contributed by atoms with Crippen LogP contribution in [0.2, 0.25) is 0 Å². The number of nitrogens with zero attached hydrogens (tertiary/aromatic N) is 2. The number of piperidine rings is 1. The van der Waals surface area contributed by atoms with E-state index in [1.807, 2.05) is 0 Å². The van der Waals surface area contributed by atoms with Gasteiger partial charge in [-0.2, -0.15) is 4.31 Å². The fourth-order valence-corrected chi connectivity index (χ4v) is 5.44. The fraction of sp³-hybridized carbons (Fsp3) is 0.222. The number of rotatable bonds is 7. The molecule has 1 aliphatic heterocycles.